The first-order chi connectivity index (χ1) is 14.5. The number of aromatic nitrogens is 3. The maximum atomic E-state index is 12.8. The Morgan fingerprint density at radius 1 is 1.07 bits per heavy atom. The van der Waals surface area contributed by atoms with Gasteiger partial charge in [-0.05, 0) is 60.7 Å². The van der Waals surface area contributed by atoms with Crippen LogP contribution in [0.1, 0.15) is 10.6 Å². The number of carbonyl (C=O) groups is 1. The van der Waals surface area contributed by atoms with E-state index in [9.17, 15) is 4.79 Å². The molecular formula is C22H16BrClN4O2. The number of carbonyl (C=O) groups excluding carboxylic acids is 1. The molecule has 4 aromatic rings. The molecule has 0 fully saturated rings. The first-order valence-electron chi connectivity index (χ1n) is 8.98. The zero-order chi connectivity index (χ0) is 21.1. The molecule has 1 amide bonds. The first kappa shape index (κ1) is 20.1. The third-order valence-electron chi connectivity index (χ3n) is 4.31. The number of hydrogen-bond donors (Lipinski definition) is 1. The lowest BCUT2D eigenvalue weighted by molar-refractivity contribution is 0.101. The van der Waals surface area contributed by atoms with Gasteiger partial charge in [-0.25, -0.2) is 9.67 Å². The summed E-state index contributed by atoms with van der Waals surface area (Å²) in [5.41, 5.74) is 2.15. The first-order valence-corrected chi connectivity index (χ1v) is 10.1. The van der Waals surface area contributed by atoms with Gasteiger partial charge in [-0.2, -0.15) is 0 Å². The molecule has 4 rings (SSSR count). The van der Waals surface area contributed by atoms with Crippen molar-refractivity contribution in [3.05, 3.63) is 88.1 Å². The highest BCUT2D eigenvalue weighted by Crippen LogP contribution is 2.24. The van der Waals surface area contributed by atoms with Crippen molar-refractivity contribution in [2.45, 2.75) is 0 Å². The van der Waals surface area contributed by atoms with Gasteiger partial charge < -0.3 is 10.1 Å². The van der Waals surface area contributed by atoms with Crippen molar-refractivity contribution in [3.8, 4) is 22.8 Å². The number of halogens is 2. The normalized spacial score (nSPS) is 10.6. The van der Waals surface area contributed by atoms with Crippen molar-refractivity contribution in [3.63, 3.8) is 0 Å². The number of hydrogen-bond acceptors (Lipinski definition) is 4. The Labute approximate surface area is 186 Å². The number of ether oxygens (including phenoxy) is 1. The minimum absolute atomic E-state index is 0.0469. The van der Waals surface area contributed by atoms with E-state index < -0.39 is 5.91 Å². The van der Waals surface area contributed by atoms with Crippen LogP contribution in [0.2, 0.25) is 5.02 Å². The molecule has 0 unspecified atom stereocenters. The fourth-order valence-corrected chi connectivity index (χ4v) is 3.23. The topological polar surface area (TPSA) is 69.0 Å². The van der Waals surface area contributed by atoms with E-state index in [4.69, 9.17) is 16.3 Å². The van der Waals surface area contributed by atoms with Gasteiger partial charge in [0.25, 0.3) is 5.91 Å². The van der Waals surface area contributed by atoms with Crippen LogP contribution in [0.15, 0.2) is 77.3 Å². The molecule has 0 spiro atoms. The van der Waals surface area contributed by atoms with Crippen molar-refractivity contribution >= 4 is 39.1 Å². The lowest BCUT2D eigenvalue weighted by Crippen LogP contribution is -2.14. The highest BCUT2D eigenvalue weighted by molar-refractivity contribution is 9.10. The predicted octanol–water partition coefficient (Wildman–Crippen LogP) is 5.61. The SMILES string of the molecule is COc1cccc(NC(=O)c2nc(-c3ccc(Cl)cc3)n(-c3ccc(Br)cc3)n2)c1. The Kier molecular flexibility index (Phi) is 5.83. The largest absolute Gasteiger partial charge is 0.497 e. The van der Waals surface area contributed by atoms with Gasteiger partial charge in [0.15, 0.2) is 5.82 Å². The molecule has 0 aliphatic carbocycles. The van der Waals surface area contributed by atoms with Crippen molar-refractivity contribution in [1.82, 2.24) is 14.8 Å². The maximum Gasteiger partial charge on any atom is 0.295 e. The molecule has 3 aromatic carbocycles. The number of benzene rings is 3. The van der Waals surface area contributed by atoms with Crippen LogP contribution in [0.25, 0.3) is 17.1 Å². The Hall–Kier alpha value is -3.16. The molecule has 0 saturated heterocycles. The average Bonchev–Trinajstić information content (AvgIpc) is 3.20. The number of methoxy groups -OCH3 is 1. The Balaban J connectivity index is 1.73. The second kappa shape index (κ2) is 8.69. The van der Waals surface area contributed by atoms with Crippen LogP contribution < -0.4 is 10.1 Å². The highest BCUT2D eigenvalue weighted by Gasteiger charge is 2.19. The molecule has 150 valence electrons. The van der Waals surface area contributed by atoms with Gasteiger partial charge in [0.2, 0.25) is 5.82 Å². The number of amides is 1. The number of anilines is 1. The second-order valence-electron chi connectivity index (χ2n) is 6.34. The van der Waals surface area contributed by atoms with Gasteiger partial charge >= 0.3 is 0 Å². The summed E-state index contributed by atoms with van der Waals surface area (Å²) in [6.45, 7) is 0. The summed E-state index contributed by atoms with van der Waals surface area (Å²) in [4.78, 5) is 17.3. The van der Waals surface area contributed by atoms with E-state index in [0.29, 0.717) is 22.3 Å². The third-order valence-corrected chi connectivity index (χ3v) is 5.09. The summed E-state index contributed by atoms with van der Waals surface area (Å²) in [5.74, 6) is 0.799. The summed E-state index contributed by atoms with van der Waals surface area (Å²) < 4.78 is 7.77. The Morgan fingerprint density at radius 3 is 2.50 bits per heavy atom. The minimum atomic E-state index is -0.422. The summed E-state index contributed by atoms with van der Waals surface area (Å²) in [7, 11) is 1.57. The summed E-state index contributed by atoms with van der Waals surface area (Å²) in [5, 5.41) is 7.89. The molecule has 1 aromatic heterocycles. The zero-order valence-corrected chi connectivity index (χ0v) is 18.2. The van der Waals surface area contributed by atoms with E-state index in [1.54, 1.807) is 48.2 Å². The predicted molar refractivity (Wildman–Crippen MR) is 120 cm³/mol. The number of nitrogens with one attached hydrogen (secondary N) is 1. The van der Waals surface area contributed by atoms with E-state index >= 15 is 0 Å². The van der Waals surface area contributed by atoms with E-state index in [0.717, 1.165) is 15.7 Å². The van der Waals surface area contributed by atoms with Crippen molar-refractivity contribution < 1.29 is 9.53 Å². The number of nitrogens with zero attached hydrogens (tertiary/aromatic N) is 3. The maximum absolute atomic E-state index is 12.8. The van der Waals surface area contributed by atoms with Crippen LogP contribution in [0.5, 0.6) is 5.75 Å². The summed E-state index contributed by atoms with van der Waals surface area (Å²) >= 11 is 9.45. The van der Waals surface area contributed by atoms with Crippen LogP contribution in [0.4, 0.5) is 5.69 Å². The van der Waals surface area contributed by atoms with Gasteiger partial charge in [0.1, 0.15) is 5.75 Å². The zero-order valence-electron chi connectivity index (χ0n) is 15.8. The van der Waals surface area contributed by atoms with Crippen LogP contribution >= 0.6 is 27.5 Å². The van der Waals surface area contributed by atoms with Crippen LogP contribution in [-0.4, -0.2) is 27.8 Å². The Morgan fingerprint density at radius 2 is 1.80 bits per heavy atom. The van der Waals surface area contributed by atoms with Crippen LogP contribution in [0, 0.1) is 0 Å². The second-order valence-corrected chi connectivity index (χ2v) is 7.69. The minimum Gasteiger partial charge on any atom is -0.497 e. The lowest BCUT2D eigenvalue weighted by Gasteiger charge is -2.06. The van der Waals surface area contributed by atoms with Gasteiger partial charge in [-0.1, -0.05) is 33.6 Å². The molecule has 0 radical (unpaired) electrons. The van der Waals surface area contributed by atoms with Crippen molar-refractivity contribution in [2.24, 2.45) is 0 Å². The van der Waals surface area contributed by atoms with Gasteiger partial charge in [-0.15, -0.1) is 5.10 Å². The monoisotopic (exact) mass is 482 g/mol. The number of rotatable bonds is 5. The smallest absolute Gasteiger partial charge is 0.295 e. The van der Waals surface area contributed by atoms with Crippen LogP contribution in [0.3, 0.4) is 0 Å². The molecule has 0 aliphatic heterocycles. The quantitative estimate of drug-likeness (QED) is 0.400. The fraction of sp³-hybridized carbons (Fsp3) is 0.0455. The van der Waals surface area contributed by atoms with E-state index in [1.807, 2.05) is 36.4 Å². The molecule has 0 bridgehead atoms. The highest BCUT2D eigenvalue weighted by atomic mass is 79.9. The van der Waals surface area contributed by atoms with Gasteiger partial charge in [0, 0.05) is 26.8 Å². The Bertz CT molecular complexity index is 1130. The molecule has 30 heavy (non-hydrogen) atoms. The van der Waals surface area contributed by atoms with E-state index in [-0.39, 0.29) is 5.82 Å². The molecule has 0 atom stereocenters. The molecule has 0 aliphatic rings. The fourth-order valence-electron chi connectivity index (χ4n) is 2.84. The van der Waals surface area contributed by atoms with Crippen molar-refractivity contribution in [2.75, 3.05) is 12.4 Å². The van der Waals surface area contributed by atoms with E-state index in [1.165, 1.54) is 0 Å². The molecule has 0 saturated carbocycles. The van der Waals surface area contributed by atoms with Gasteiger partial charge in [-0.3, -0.25) is 4.79 Å². The van der Waals surface area contributed by atoms with Crippen molar-refractivity contribution in [1.29, 1.82) is 0 Å². The third kappa shape index (κ3) is 4.37. The summed E-state index contributed by atoms with van der Waals surface area (Å²) in [6.07, 6.45) is 0. The molecule has 6 nitrogen and oxygen atoms in total. The average molecular weight is 484 g/mol. The molecule has 1 heterocycles. The van der Waals surface area contributed by atoms with Gasteiger partial charge in [0.05, 0.1) is 12.8 Å². The lowest BCUT2D eigenvalue weighted by atomic mass is 10.2. The molecule has 8 heteroatoms. The standard InChI is InChI=1S/C22H16BrClN4O2/c1-30-19-4-2-3-17(13-19)25-22(29)20-26-21(14-5-9-16(24)10-6-14)28(27-20)18-11-7-15(23)8-12-18/h2-13H,1H3,(H,25,29). The molecular weight excluding hydrogens is 468 g/mol. The summed E-state index contributed by atoms with van der Waals surface area (Å²) in [6, 6.07) is 21.9. The van der Waals surface area contributed by atoms with Crippen LogP contribution in [-0.2, 0) is 0 Å². The van der Waals surface area contributed by atoms with E-state index in [2.05, 4.69) is 31.3 Å². The molecule has 1 N–H and O–H groups in total.